The van der Waals surface area contributed by atoms with Crippen LogP contribution in [0.15, 0.2) is 0 Å². The van der Waals surface area contributed by atoms with Crippen LogP contribution in [0.5, 0.6) is 0 Å². The first-order valence-electron chi connectivity index (χ1n) is 5.67. The summed E-state index contributed by atoms with van der Waals surface area (Å²) in [5.41, 5.74) is 5.37. The second-order valence-electron chi connectivity index (χ2n) is 4.22. The van der Waals surface area contributed by atoms with Crippen molar-refractivity contribution in [1.82, 2.24) is 4.90 Å². The van der Waals surface area contributed by atoms with E-state index in [0.29, 0.717) is 0 Å². The van der Waals surface area contributed by atoms with Gasteiger partial charge >= 0.3 is 0 Å². The average Bonchev–Trinajstić information content (AvgIpc) is 2.26. The van der Waals surface area contributed by atoms with Gasteiger partial charge in [-0.15, -0.1) is 0 Å². The van der Waals surface area contributed by atoms with Crippen LogP contribution in [-0.4, -0.2) is 36.2 Å². The number of hydrogen-bond donors (Lipinski definition) is 1. The molecule has 0 aromatic heterocycles. The molecule has 0 bridgehead atoms. The highest BCUT2D eigenvalue weighted by Gasteiger charge is 2.27. The van der Waals surface area contributed by atoms with E-state index in [1.165, 1.54) is 0 Å². The van der Waals surface area contributed by atoms with Crippen LogP contribution in [0.25, 0.3) is 0 Å². The minimum absolute atomic E-state index is 0.136. The molecule has 0 aromatic carbocycles. The van der Waals surface area contributed by atoms with Crippen molar-refractivity contribution in [1.29, 1.82) is 0 Å². The van der Waals surface area contributed by atoms with Crippen LogP contribution in [0.4, 0.5) is 0 Å². The van der Waals surface area contributed by atoms with Gasteiger partial charge in [-0.3, -0.25) is 9.69 Å². The van der Waals surface area contributed by atoms with Gasteiger partial charge in [0.15, 0.2) is 0 Å². The zero-order valence-electron chi connectivity index (χ0n) is 9.32. The third kappa shape index (κ3) is 3.30. The zero-order chi connectivity index (χ0) is 11.3. The number of carbonyl (C=O) groups is 2. The molecule has 86 valence electrons. The molecule has 15 heavy (non-hydrogen) atoms. The topological polar surface area (TPSA) is 63.4 Å². The molecule has 1 saturated heterocycles. The summed E-state index contributed by atoms with van der Waals surface area (Å²) in [4.78, 5) is 24.0. The molecule has 0 radical (unpaired) electrons. The average molecular weight is 212 g/mol. The van der Waals surface area contributed by atoms with Crippen molar-refractivity contribution in [2.45, 2.75) is 38.6 Å². The summed E-state index contributed by atoms with van der Waals surface area (Å²) >= 11 is 0. The van der Waals surface area contributed by atoms with Gasteiger partial charge in [-0.1, -0.05) is 13.3 Å². The minimum atomic E-state index is -0.235. The van der Waals surface area contributed by atoms with Gasteiger partial charge in [-0.2, -0.15) is 0 Å². The lowest BCUT2D eigenvalue weighted by atomic mass is 9.96. The quantitative estimate of drug-likeness (QED) is 0.677. The fraction of sp³-hybridized carbons (Fsp3) is 0.818. The Morgan fingerprint density at radius 2 is 2.13 bits per heavy atom. The van der Waals surface area contributed by atoms with Crippen LogP contribution in [0.1, 0.15) is 32.6 Å². The maximum atomic E-state index is 11.3. The van der Waals surface area contributed by atoms with E-state index in [1.807, 2.05) is 6.92 Å². The van der Waals surface area contributed by atoms with E-state index in [-0.39, 0.29) is 17.9 Å². The molecule has 1 rings (SSSR count). The lowest BCUT2D eigenvalue weighted by molar-refractivity contribution is -0.124. The van der Waals surface area contributed by atoms with Gasteiger partial charge in [0.1, 0.15) is 6.29 Å². The molecule has 1 fully saturated rings. The van der Waals surface area contributed by atoms with Gasteiger partial charge in [0, 0.05) is 5.92 Å². The van der Waals surface area contributed by atoms with Crippen molar-refractivity contribution in [2.75, 3.05) is 13.1 Å². The highest BCUT2D eigenvalue weighted by Crippen LogP contribution is 2.18. The minimum Gasteiger partial charge on any atom is -0.368 e. The number of rotatable bonds is 5. The fourth-order valence-electron chi connectivity index (χ4n) is 2.15. The summed E-state index contributed by atoms with van der Waals surface area (Å²) in [5, 5.41) is 0. The molecule has 0 aliphatic carbocycles. The molecule has 4 heteroatoms. The summed E-state index contributed by atoms with van der Waals surface area (Å²) in [6.45, 7) is 3.68. The first kappa shape index (κ1) is 12.2. The van der Waals surface area contributed by atoms with E-state index in [4.69, 9.17) is 5.73 Å². The summed E-state index contributed by atoms with van der Waals surface area (Å²) in [6.07, 6.45) is 4.52. The third-order valence-corrected chi connectivity index (χ3v) is 3.10. The second kappa shape index (κ2) is 5.85. The van der Waals surface area contributed by atoms with Gasteiger partial charge < -0.3 is 10.5 Å². The van der Waals surface area contributed by atoms with E-state index >= 15 is 0 Å². The molecule has 2 N–H and O–H groups in total. The Kier molecular flexibility index (Phi) is 4.75. The largest absolute Gasteiger partial charge is 0.368 e. The molecular formula is C11H20N2O2. The monoisotopic (exact) mass is 212 g/mol. The third-order valence-electron chi connectivity index (χ3n) is 3.10. The van der Waals surface area contributed by atoms with Crippen molar-refractivity contribution in [3.63, 3.8) is 0 Å². The molecule has 1 atom stereocenters. The number of hydrogen-bond acceptors (Lipinski definition) is 3. The summed E-state index contributed by atoms with van der Waals surface area (Å²) in [6, 6.07) is -0.136. The van der Waals surface area contributed by atoms with Gasteiger partial charge in [0.2, 0.25) is 5.91 Å². The number of amides is 1. The number of carbonyl (C=O) groups excluding carboxylic acids is 2. The summed E-state index contributed by atoms with van der Waals surface area (Å²) in [5.74, 6) is -0.0576. The Bertz CT molecular complexity index is 223. The molecule has 1 unspecified atom stereocenters. The second-order valence-corrected chi connectivity index (χ2v) is 4.22. The van der Waals surface area contributed by atoms with E-state index in [0.717, 1.165) is 45.1 Å². The van der Waals surface area contributed by atoms with Crippen LogP contribution < -0.4 is 5.73 Å². The molecule has 1 amide bonds. The Morgan fingerprint density at radius 1 is 1.53 bits per heavy atom. The van der Waals surface area contributed by atoms with Crippen molar-refractivity contribution < 1.29 is 9.59 Å². The highest BCUT2D eigenvalue weighted by atomic mass is 16.1. The Morgan fingerprint density at radius 3 is 2.53 bits per heavy atom. The molecular weight excluding hydrogens is 192 g/mol. The predicted octanol–water partition coefficient (Wildman–Crippen LogP) is 0.551. The Labute approximate surface area is 90.8 Å². The van der Waals surface area contributed by atoms with Gasteiger partial charge in [0.05, 0.1) is 6.04 Å². The van der Waals surface area contributed by atoms with Crippen LogP contribution in [0, 0.1) is 5.92 Å². The van der Waals surface area contributed by atoms with E-state index in [1.54, 1.807) is 0 Å². The van der Waals surface area contributed by atoms with Crippen molar-refractivity contribution in [3.05, 3.63) is 0 Å². The Hall–Kier alpha value is -0.900. The van der Waals surface area contributed by atoms with Crippen LogP contribution >= 0.6 is 0 Å². The number of primary amides is 1. The number of piperidine rings is 1. The Balaban J connectivity index is 2.48. The number of likely N-dealkylation sites (tertiary alicyclic amines) is 1. The molecule has 4 nitrogen and oxygen atoms in total. The highest BCUT2D eigenvalue weighted by molar-refractivity contribution is 5.79. The standard InChI is InChI=1S/C11H20N2O2/c1-2-3-10(11(12)15)13-6-4-9(8-14)5-7-13/h8-10H,2-7H2,1H3,(H2,12,15). The number of nitrogens with two attached hydrogens (primary N) is 1. The van der Waals surface area contributed by atoms with Crippen LogP contribution in [0.3, 0.4) is 0 Å². The van der Waals surface area contributed by atoms with E-state index < -0.39 is 0 Å². The summed E-state index contributed by atoms with van der Waals surface area (Å²) < 4.78 is 0. The fourth-order valence-corrected chi connectivity index (χ4v) is 2.15. The lowest BCUT2D eigenvalue weighted by Gasteiger charge is -2.34. The first-order valence-corrected chi connectivity index (χ1v) is 5.67. The van der Waals surface area contributed by atoms with Crippen molar-refractivity contribution in [3.8, 4) is 0 Å². The lowest BCUT2D eigenvalue weighted by Crippen LogP contribution is -2.48. The SMILES string of the molecule is CCCC(C(N)=O)N1CCC(C=O)CC1. The molecule has 0 aromatic rings. The normalized spacial score (nSPS) is 21.1. The van der Waals surface area contributed by atoms with E-state index in [2.05, 4.69) is 4.90 Å². The van der Waals surface area contributed by atoms with Crippen LogP contribution in [-0.2, 0) is 9.59 Å². The maximum absolute atomic E-state index is 11.3. The molecule has 1 aliphatic heterocycles. The zero-order valence-corrected chi connectivity index (χ0v) is 9.32. The smallest absolute Gasteiger partial charge is 0.234 e. The van der Waals surface area contributed by atoms with E-state index in [9.17, 15) is 9.59 Å². The van der Waals surface area contributed by atoms with Gasteiger partial charge in [-0.05, 0) is 32.4 Å². The molecule has 0 saturated carbocycles. The number of aldehydes is 1. The molecule has 1 aliphatic rings. The van der Waals surface area contributed by atoms with Gasteiger partial charge in [0.25, 0.3) is 0 Å². The summed E-state index contributed by atoms with van der Waals surface area (Å²) in [7, 11) is 0. The molecule has 0 spiro atoms. The number of nitrogens with zero attached hydrogens (tertiary/aromatic N) is 1. The van der Waals surface area contributed by atoms with Crippen LogP contribution in [0.2, 0.25) is 0 Å². The molecule has 1 heterocycles. The van der Waals surface area contributed by atoms with Crippen molar-refractivity contribution >= 4 is 12.2 Å². The maximum Gasteiger partial charge on any atom is 0.234 e. The van der Waals surface area contributed by atoms with Gasteiger partial charge in [-0.25, -0.2) is 0 Å². The predicted molar refractivity (Wildman–Crippen MR) is 58.3 cm³/mol. The van der Waals surface area contributed by atoms with Crippen molar-refractivity contribution in [2.24, 2.45) is 11.7 Å². The first-order chi connectivity index (χ1) is 7.19.